The van der Waals surface area contributed by atoms with Crippen molar-refractivity contribution >= 4 is 5.69 Å². The molecule has 0 atom stereocenters. The smallest absolute Gasteiger partial charge is 0.278 e. The summed E-state index contributed by atoms with van der Waals surface area (Å²) in [5.41, 5.74) is 4.84. The highest BCUT2D eigenvalue weighted by atomic mass is 16.1. The number of nitrogens with zero attached hydrogens (tertiary/aromatic N) is 3. The van der Waals surface area contributed by atoms with Crippen LogP contribution in [0.25, 0.3) is 17.1 Å². The van der Waals surface area contributed by atoms with E-state index in [0.717, 1.165) is 29.9 Å². The highest BCUT2D eigenvalue weighted by molar-refractivity contribution is 5.63. The molecule has 146 valence electrons. The molecule has 0 saturated carbocycles. The number of aromatic amines is 1. The number of rotatable bonds is 4. The normalized spacial score (nSPS) is 14.4. The fourth-order valence-electron chi connectivity index (χ4n) is 4.08. The first-order valence-electron chi connectivity index (χ1n) is 10.3. The summed E-state index contributed by atoms with van der Waals surface area (Å²) in [6.07, 6.45) is 8.08. The average molecular weight is 384 g/mol. The van der Waals surface area contributed by atoms with Gasteiger partial charge in [-0.25, -0.2) is 4.98 Å². The first-order chi connectivity index (χ1) is 14.3. The third kappa shape index (κ3) is 3.56. The Morgan fingerprint density at radius 1 is 0.931 bits per heavy atom. The minimum atomic E-state index is -0.0518. The number of H-pyrrole nitrogens is 1. The number of hydrogen-bond donors (Lipinski definition) is 1. The standard InChI is InChI=1S/C24H24N4O/c29-24-21(15-18-7-3-1-4-8-18)26-23-16-25-22(17-28(23)24)19-9-11-20(12-10-19)27-13-5-2-6-14-27/h1,3-4,7-12,16-17,25H,2,5-6,13-15H2. The van der Waals surface area contributed by atoms with Gasteiger partial charge in [-0.05, 0) is 42.5 Å². The van der Waals surface area contributed by atoms with Gasteiger partial charge in [0.15, 0.2) is 5.82 Å². The van der Waals surface area contributed by atoms with E-state index in [9.17, 15) is 4.79 Å². The van der Waals surface area contributed by atoms with Gasteiger partial charge in [0.25, 0.3) is 5.56 Å². The maximum Gasteiger partial charge on any atom is 0.278 e. The van der Waals surface area contributed by atoms with Gasteiger partial charge in [-0.1, -0.05) is 42.5 Å². The van der Waals surface area contributed by atoms with Gasteiger partial charge in [-0.2, -0.15) is 0 Å². The fourth-order valence-corrected chi connectivity index (χ4v) is 4.08. The SMILES string of the molecule is O=c1c(Cc2ccccc2)nc2c[nH]c(-c3ccc(N4CCCCC4)cc3)cn1-2. The molecule has 0 aromatic heterocycles. The molecule has 1 N–H and O–H groups in total. The third-order valence-electron chi connectivity index (χ3n) is 5.69. The minimum Gasteiger partial charge on any atom is -0.372 e. The lowest BCUT2D eigenvalue weighted by Crippen LogP contribution is -2.29. The van der Waals surface area contributed by atoms with Gasteiger partial charge in [0.05, 0.1) is 5.69 Å². The van der Waals surface area contributed by atoms with E-state index in [1.54, 1.807) is 4.57 Å². The van der Waals surface area contributed by atoms with Gasteiger partial charge in [-0.3, -0.25) is 9.36 Å². The Balaban J connectivity index is 1.43. The van der Waals surface area contributed by atoms with Gasteiger partial charge in [0, 0.05) is 37.6 Å². The zero-order valence-electron chi connectivity index (χ0n) is 16.3. The van der Waals surface area contributed by atoms with Gasteiger partial charge in [0.2, 0.25) is 0 Å². The van der Waals surface area contributed by atoms with Crippen LogP contribution < -0.4 is 10.5 Å². The summed E-state index contributed by atoms with van der Waals surface area (Å²) in [5.74, 6) is 0.648. The molecule has 2 aromatic rings. The summed E-state index contributed by atoms with van der Waals surface area (Å²) >= 11 is 0. The second kappa shape index (κ2) is 7.59. The summed E-state index contributed by atoms with van der Waals surface area (Å²) < 4.78 is 1.64. The molecular weight excluding hydrogens is 360 g/mol. The fraction of sp³-hybridized carbons (Fsp3) is 0.250. The molecule has 1 saturated heterocycles. The van der Waals surface area contributed by atoms with Crippen molar-refractivity contribution in [1.29, 1.82) is 0 Å². The lowest BCUT2D eigenvalue weighted by atomic mass is 10.1. The molecule has 3 heterocycles. The zero-order chi connectivity index (χ0) is 19.6. The number of aromatic nitrogens is 3. The van der Waals surface area contributed by atoms with Crippen LogP contribution in [0.5, 0.6) is 0 Å². The Labute approximate surface area is 170 Å². The molecule has 3 aliphatic rings. The van der Waals surface area contributed by atoms with Crippen LogP contribution in [0.4, 0.5) is 5.69 Å². The molecule has 29 heavy (non-hydrogen) atoms. The molecule has 3 aliphatic heterocycles. The van der Waals surface area contributed by atoms with Crippen LogP contribution in [-0.2, 0) is 6.42 Å². The molecule has 0 amide bonds. The molecule has 0 unspecified atom stereocenters. The Morgan fingerprint density at radius 3 is 2.45 bits per heavy atom. The molecule has 2 aromatic carbocycles. The molecule has 5 heteroatoms. The van der Waals surface area contributed by atoms with Gasteiger partial charge < -0.3 is 9.88 Å². The minimum absolute atomic E-state index is 0.0518. The largest absolute Gasteiger partial charge is 0.372 e. The first kappa shape index (κ1) is 17.7. The van der Waals surface area contributed by atoms with E-state index in [0.29, 0.717) is 17.9 Å². The molecular formula is C24H24N4O. The van der Waals surface area contributed by atoms with E-state index >= 15 is 0 Å². The molecule has 5 nitrogen and oxygen atoms in total. The highest BCUT2D eigenvalue weighted by Gasteiger charge is 2.16. The van der Waals surface area contributed by atoms with Crippen LogP contribution in [0.2, 0.25) is 0 Å². The van der Waals surface area contributed by atoms with Crippen LogP contribution >= 0.6 is 0 Å². The van der Waals surface area contributed by atoms with Crippen molar-refractivity contribution in [3.05, 3.63) is 88.6 Å². The predicted octanol–water partition coefficient (Wildman–Crippen LogP) is 4.25. The van der Waals surface area contributed by atoms with Crippen LogP contribution in [0.3, 0.4) is 0 Å². The summed E-state index contributed by atoms with van der Waals surface area (Å²) in [4.78, 5) is 23.1. The van der Waals surface area contributed by atoms with Crippen molar-refractivity contribution in [1.82, 2.24) is 14.5 Å². The number of hydrogen-bond acceptors (Lipinski definition) is 3. The van der Waals surface area contributed by atoms with E-state index in [1.165, 1.54) is 24.9 Å². The average Bonchev–Trinajstić information content (AvgIpc) is 3.10. The van der Waals surface area contributed by atoms with Crippen molar-refractivity contribution in [2.45, 2.75) is 25.7 Å². The summed E-state index contributed by atoms with van der Waals surface area (Å²) in [5, 5.41) is 0. The third-order valence-corrected chi connectivity index (χ3v) is 5.69. The van der Waals surface area contributed by atoms with Crippen molar-refractivity contribution in [3.63, 3.8) is 0 Å². The Hall–Kier alpha value is -3.34. The van der Waals surface area contributed by atoms with E-state index in [1.807, 2.05) is 42.7 Å². The van der Waals surface area contributed by atoms with Gasteiger partial charge in [0.1, 0.15) is 5.69 Å². The summed E-state index contributed by atoms with van der Waals surface area (Å²) in [6.45, 7) is 2.27. The van der Waals surface area contributed by atoms with Crippen LogP contribution in [-0.4, -0.2) is 27.6 Å². The maximum absolute atomic E-state index is 12.9. The van der Waals surface area contributed by atoms with Crippen molar-refractivity contribution in [3.8, 4) is 17.1 Å². The summed E-state index contributed by atoms with van der Waals surface area (Å²) in [7, 11) is 0. The second-order valence-electron chi connectivity index (χ2n) is 7.68. The Kier molecular flexibility index (Phi) is 4.64. The maximum atomic E-state index is 12.9. The molecule has 0 spiro atoms. The van der Waals surface area contributed by atoms with E-state index in [2.05, 4.69) is 39.1 Å². The number of piperidine rings is 1. The van der Waals surface area contributed by atoms with Crippen molar-refractivity contribution < 1.29 is 0 Å². The van der Waals surface area contributed by atoms with Crippen LogP contribution in [0.15, 0.2) is 71.8 Å². The lowest BCUT2D eigenvalue weighted by Gasteiger charge is -2.28. The number of anilines is 1. The Bertz CT molecular complexity index is 1120. The number of fused-ring (bicyclic) bond motifs is 1. The summed E-state index contributed by atoms with van der Waals surface area (Å²) in [6, 6.07) is 18.6. The van der Waals surface area contributed by atoms with Crippen LogP contribution in [0.1, 0.15) is 30.5 Å². The molecule has 0 aliphatic carbocycles. The quantitative estimate of drug-likeness (QED) is 0.572. The monoisotopic (exact) mass is 384 g/mol. The van der Waals surface area contributed by atoms with Crippen molar-refractivity contribution in [2.24, 2.45) is 0 Å². The second-order valence-corrected chi connectivity index (χ2v) is 7.68. The molecule has 1 fully saturated rings. The zero-order valence-corrected chi connectivity index (χ0v) is 16.3. The molecule has 0 radical (unpaired) electrons. The molecule has 5 rings (SSSR count). The van der Waals surface area contributed by atoms with E-state index in [4.69, 9.17) is 0 Å². The Morgan fingerprint density at radius 2 is 1.69 bits per heavy atom. The first-order valence-corrected chi connectivity index (χ1v) is 10.3. The highest BCUT2D eigenvalue weighted by Crippen LogP contribution is 2.24. The topological polar surface area (TPSA) is 53.9 Å². The number of imidazole rings is 1. The van der Waals surface area contributed by atoms with Gasteiger partial charge >= 0.3 is 0 Å². The van der Waals surface area contributed by atoms with E-state index in [-0.39, 0.29) is 5.56 Å². The predicted molar refractivity (Wildman–Crippen MR) is 116 cm³/mol. The van der Waals surface area contributed by atoms with Crippen molar-refractivity contribution in [2.75, 3.05) is 18.0 Å². The van der Waals surface area contributed by atoms with E-state index < -0.39 is 0 Å². The molecule has 0 bridgehead atoms. The van der Waals surface area contributed by atoms with Gasteiger partial charge in [-0.15, -0.1) is 0 Å². The lowest BCUT2D eigenvalue weighted by molar-refractivity contribution is 0.578. The number of benzene rings is 2. The number of nitrogens with one attached hydrogen (secondary N) is 1. The van der Waals surface area contributed by atoms with Crippen LogP contribution in [0, 0.1) is 0 Å².